The molecule has 0 aliphatic heterocycles. The van der Waals surface area contributed by atoms with E-state index in [1.807, 2.05) is 0 Å². The lowest BCUT2D eigenvalue weighted by Crippen LogP contribution is -1.98. The molecule has 0 N–H and O–H groups in total. The van der Waals surface area contributed by atoms with Crippen molar-refractivity contribution >= 4 is 66.2 Å². The van der Waals surface area contributed by atoms with Crippen LogP contribution in [0.4, 0.5) is 0 Å². The molecule has 0 fully saturated rings. The van der Waals surface area contributed by atoms with Crippen molar-refractivity contribution in [3.05, 3.63) is 287 Å². The van der Waals surface area contributed by atoms with E-state index in [1.54, 1.807) is 5.57 Å². The Balaban J connectivity index is 0.785. The van der Waals surface area contributed by atoms with Crippen LogP contribution in [0.25, 0.3) is 144 Å². The Hall–Kier alpha value is -10.2. The third-order valence-electron chi connectivity index (χ3n) is 19.5. The fraction of sp³-hybridized carbons (Fsp3) is 0.0864. The SMILES string of the molecule is C1=CC2=C(CC1)Cc1ccc(-c3ccc4c(c3)c3cc(-c5ccc6c(c5)-c5ccccc5C6)ccc3n4-c3cccc(-n4c5ccc(-c6ccc7c(c6)-c6ccccc6C7)cc5c5cc(-c6ccc7oc8c(c7c6)C=CCC8)ccc54)c3)cc12. The largest absolute Gasteiger partial charge is 0.460 e. The maximum absolute atomic E-state index is 6.39. The monoisotopic (exact) mass is 1070 g/mol. The molecule has 3 aromatic heterocycles. The molecule has 3 heterocycles. The third kappa shape index (κ3) is 6.93. The van der Waals surface area contributed by atoms with Crippen LogP contribution in [0.3, 0.4) is 0 Å². The van der Waals surface area contributed by atoms with E-state index in [0.717, 1.165) is 67.7 Å². The van der Waals surface area contributed by atoms with Gasteiger partial charge < -0.3 is 13.6 Å². The highest BCUT2D eigenvalue weighted by Gasteiger charge is 2.26. The molecule has 0 saturated carbocycles. The van der Waals surface area contributed by atoms with E-state index < -0.39 is 0 Å². The first-order valence-corrected chi connectivity index (χ1v) is 30.0. The predicted octanol–water partition coefficient (Wildman–Crippen LogP) is 21.1. The van der Waals surface area contributed by atoms with Gasteiger partial charge in [-0.1, -0.05) is 151 Å². The van der Waals surface area contributed by atoms with Gasteiger partial charge in [-0.3, -0.25) is 0 Å². The van der Waals surface area contributed by atoms with Crippen LogP contribution in [0, 0.1) is 0 Å². The van der Waals surface area contributed by atoms with Crippen molar-refractivity contribution in [1.82, 2.24) is 9.13 Å². The summed E-state index contributed by atoms with van der Waals surface area (Å²) in [5.74, 6) is 1.09. The Morgan fingerprint density at radius 1 is 0.310 bits per heavy atom. The lowest BCUT2D eigenvalue weighted by Gasteiger charge is -2.14. The van der Waals surface area contributed by atoms with Gasteiger partial charge in [0.15, 0.2) is 0 Å². The molecular formula is C81H54N2O. The molecule has 84 heavy (non-hydrogen) atoms. The average Bonchev–Trinajstić information content (AvgIpc) is 3.63. The molecule has 5 aliphatic carbocycles. The van der Waals surface area contributed by atoms with Gasteiger partial charge in [-0.15, -0.1) is 0 Å². The first-order valence-electron chi connectivity index (χ1n) is 30.0. The predicted molar refractivity (Wildman–Crippen MR) is 349 cm³/mol. The number of rotatable bonds is 6. The number of nitrogens with zero attached hydrogens (tertiary/aromatic N) is 2. The molecule has 0 atom stereocenters. The number of fused-ring (bicyclic) bond motifs is 17. The van der Waals surface area contributed by atoms with Gasteiger partial charge in [0, 0.05) is 50.3 Å². The van der Waals surface area contributed by atoms with Crippen LogP contribution in [0.1, 0.15) is 64.0 Å². The number of aromatic nitrogens is 2. The second-order valence-corrected chi connectivity index (χ2v) is 24.1. The summed E-state index contributed by atoms with van der Waals surface area (Å²) in [7, 11) is 0. The summed E-state index contributed by atoms with van der Waals surface area (Å²) < 4.78 is 11.4. The standard InChI is InChI=1S/C81H54N2O/c1-4-15-64-56(10-1)36-59-23-20-48(39-68(59)64)51-26-31-76-71(42-51)72-43-52(49-21-24-60-37-57-11-2-5-16-65(57)69(60)40-49)27-32-77(72)82(76)62-13-9-14-63(47-62)83-78-33-28-53(50-22-25-61-38-58-12-3-6-17-66(58)70(61)41-50)44-73(78)74-45-54(29-34-79(74)83)55-30-35-81-75(46-55)67-18-7-8-19-80(67)84-81/h1,3-7,9-10,12-18,20-35,39-47H,2,8,11,19,36-38H2. The molecule has 14 aromatic rings. The number of allylic oxidation sites excluding steroid dienone is 5. The molecule has 394 valence electrons. The Morgan fingerprint density at radius 2 is 0.738 bits per heavy atom. The highest BCUT2D eigenvalue weighted by Crippen LogP contribution is 2.46. The van der Waals surface area contributed by atoms with Gasteiger partial charge in [0.2, 0.25) is 0 Å². The molecular weight excluding hydrogens is 1020 g/mol. The molecule has 5 aliphatic rings. The molecule has 0 bridgehead atoms. The van der Waals surface area contributed by atoms with Gasteiger partial charge in [-0.25, -0.2) is 0 Å². The Morgan fingerprint density at radius 3 is 1.29 bits per heavy atom. The quantitative estimate of drug-likeness (QED) is 0.163. The summed E-state index contributed by atoms with van der Waals surface area (Å²) >= 11 is 0. The van der Waals surface area contributed by atoms with Crippen LogP contribution in [0.2, 0.25) is 0 Å². The molecule has 0 unspecified atom stereocenters. The van der Waals surface area contributed by atoms with Crippen molar-refractivity contribution in [1.29, 1.82) is 0 Å². The first-order chi connectivity index (χ1) is 41.6. The van der Waals surface area contributed by atoms with E-state index in [4.69, 9.17) is 4.42 Å². The Kier molecular flexibility index (Phi) is 9.75. The van der Waals surface area contributed by atoms with Gasteiger partial charge in [0.25, 0.3) is 0 Å². The molecule has 0 radical (unpaired) electrons. The van der Waals surface area contributed by atoms with E-state index in [2.05, 4.69) is 252 Å². The Labute approximate surface area is 487 Å². The van der Waals surface area contributed by atoms with E-state index in [1.165, 1.54) is 160 Å². The van der Waals surface area contributed by atoms with Crippen LogP contribution in [0.15, 0.2) is 247 Å². The van der Waals surface area contributed by atoms with Gasteiger partial charge >= 0.3 is 0 Å². The highest BCUT2D eigenvalue weighted by molar-refractivity contribution is 6.14. The van der Waals surface area contributed by atoms with Crippen molar-refractivity contribution in [2.45, 2.75) is 44.9 Å². The van der Waals surface area contributed by atoms with Crippen molar-refractivity contribution in [3.63, 3.8) is 0 Å². The van der Waals surface area contributed by atoms with Crippen molar-refractivity contribution in [3.8, 4) is 78.1 Å². The van der Waals surface area contributed by atoms with Crippen LogP contribution in [0.5, 0.6) is 0 Å². The van der Waals surface area contributed by atoms with Crippen molar-refractivity contribution < 1.29 is 4.42 Å². The molecule has 0 amide bonds. The smallest absolute Gasteiger partial charge is 0.134 e. The summed E-state index contributed by atoms with van der Waals surface area (Å²) in [5, 5.41) is 6.12. The van der Waals surface area contributed by atoms with Gasteiger partial charge in [0.05, 0.1) is 22.1 Å². The lowest BCUT2D eigenvalue weighted by molar-refractivity contribution is 0.546. The Bertz CT molecular complexity index is 5350. The zero-order chi connectivity index (χ0) is 54.7. The minimum Gasteiger partial charge on any atom is -0.460 e. The fourth-order valence-electron chi connectivity index (χ4n) is 15.4. The molecule has 0 spiro atoms. The van der Waals surface area contributed by atoms with Crippen LogP contribution in [-0.2, 0) is 25.7 Å². The van der Waals surface area contributed by atoms with E-state index in [-0.39, 0.29) is 0 Å². The molecule has 3 heteroatoms. The number of aryl methyl sites for hydroxylation is 1. The third-order valence-corrected chi connectivity index (χ3v) is 19.5. The normalized spacial score (nSPS) is 14.4. The minimum absolute atomic E-state index is 0.944. The second kappa shape index (κ2) is 17.6. The molecule has 0 saturated heterocycles. The summed E-state index contributed by atoms with van der Waals surface area (Å²) in [6.07, 6.45) is 16.5. The maximum Gasteiger partial charge on any atom is 0.134 e. The minimum atomic E-state index is 0.944. The topological polar surface area (TPSA) is 23.0 Å². The number of hydrogen-bond donors (Lipinski definition) is 0. The lowest BCUT2D eigenvalue weighted by atomic mass is 9.95. The highest BCUT2D eigenvalue weighted by atomic mass is 16.3. The second-order valence-electron chi connectivity index (χ2n) is 24.1. The van der Waals surface area contributed by atoms with Gasteiger partial charge in [0.1, 0.15) is 11.3 Å². The van der Waals surface area contributed by atoms with Gasteiger partial charge in [-0.2, -0.15) is 0 Å². The summed E-state index contributed by atoms with van der Waals surface area (Å²) in [4.78, 5) is 0. The number of furan rings is 1. The van der Waals surface area contributed by atoms with Crippen molar-refractivity contribution in [2.75, 3.05) is 0 Å². The summed E-state index contributed by atoms with van der Waals surface area (Å²) in [6.45, 7) is 0. The number of benzene rings is 11. The van der Waals surface area contributed by atoms with Crippen molar-refractivity contribution in [2.24, 2.45) is 0 Å². The first kappa shape index (κ1) is 46.4. The average molecular weight is 1070 g/mol. The van der Waals surface area contributed by atoms with Gasteiger partial charge in [-0.05, 0) is 241 Å². The van der Waals surface area contributed by atoms with Crippen LogP contribution < -0.4 is 0 Å². The van der Waals surface area contributed by atoms with Crippen LogP contribution in [-0.4, -0.2) is 9.13 Å². The van der Waals surface area contributed by atoms with E-state index >= 15 is 0 Å². The molecule has 11 aromatic carbocycles. The summed E-state index contributed by atoms with van der Waals surface area (Å²) in [6, 6.07) is 83.7. The van der Waals surface area contributed by atoms with Crippen LogP contribution >= 0.6 is 0 Å². The number of hydrogen-bond acceptors (Lipinski definition) is 1. The zero-order valence-electron chi connectivity index (χ0n) is 46.3. The summed E-state index contributed by atoms with van der Waals surface area (Å²) in [5.41, 5.74) is 35.8. The fourth-order valence-corrected chi connectivity index (χ4v) is 15.4. The van der Waals surface area contributed by atoms with E-state index in [9.17, 15) is 0 Å². The molecule has 3 nitrogen and oxygen atoms in total. The molecule has 19 rings (SSSR count). The van der Waals surface area contributed by atoms with E-state index in [0.29, 0.717) is 0 Å². The zero-order valence-corrected chi connectivity index (χ0v) is 46.3. The maximum atomic E-state index is 6.39.